The molecule has 0 aliphatic rings. The van der Waals surface area contributed by atoms with E-state index in [1.807, 2.05) is 54.1 Å². The van der Waals surface area contributed by atoms with Crippen LogP contribution < -0.4 is 15.6 Å². The summed E-state index contributed by atoms with van der Waals surface area (Å²) in [7, 11) is 1.87. The first-order chi connectivity index (χ1) is 11.6. The van der Waals surface area contributed by atoms with Crippen LogP contribution in [0.4, 0.5) is 0 Å². The van der Waals surface area contributed by atoms with E-state index in [1.54, 1.807) is 18.3 Å². The van der Waals surface area contributed by atoms with Crippen LogP contribution >= 0.6 is 0 Å². The van der Waals surface area contributed by atoms with Gasteiger partial charge in [-0.25, -0.2) is 0 Å². The molecule has 0 spiro atoms. The molecule has 0 atom stereocenters. The minimum Gasteiger partial charge on any atom is -0.484 e. The number of hydrogen-bond donors (Lipinski definition) is 2. The summed E-state index contributed by atoms with van der Waals surface area (Å²) in [6.45, 7) is -0.181. The van der Waals surface area contributed by atoms with E-state index < -0.39 is 5.91 Å². The van der Waals surface area contributed by atoms with Gasteiger partial charge in [0.2, 0.25) is 0 Å². The van der Waals surface area contributed by atoms with E-state index in [9.17, 15) is 9.59 Å². The van der Waals surface area contributed by atoms with Crippen molar-refractivity contribution in [3.8, 4) is 5.75 Å². The topological polar surface area (TPSA) is 72.4 Å². The van der Waals surface area contributed by atoms with Gasteiger partial charge in [0, 0.05) is 24.1 Å². The molecule has 122 valence electrons. The molecule has 2 amide bonds. The molecular weight excluding hydrogens is 306 g/mol. The number of carbonyl (C=O) groups excluding carboxylic acids is 2. The van der Waals surface area contributed by atoms with Gasteiger partial charge in [0.25, 0.3) is 11.8 Å². The third-order valence-corrected chi connectivity index (χ3v) is 3.57. The fourth-order valence-electron chi connectivity index (χ4n) is 2.42. The summed E-state index contributed by atoms with van der Waals surface area (Å²) in [4.78, 5) is 24.0. The van der Waals surface area contributed by atoms with E-state index >= 15 is 0 Å². The second-order valence-corrected chi connectivity index (χ2v) is 5.27. The average Bonchev–Trinajstić information content (AvgIpc) is 2.96. The van der Waals surface area contributed by atoms with E-state index in [2.05, 4.69) is 10.9 Å². The number of hydrogen-bond acceptors (Lipinski definition) is 3. The highest BCUT2D eigenvalue weighted by molar-refractivity contribution is 6.07. The number of fused-ring (bicyclic) bond motifs is 1. The van der Waals surface area contributed by atoms with Crippen LogP contribution in [-0.2, 0) is 11.8 Å². The first-order valence-electron chi connectivity index (χ1n) is 7.46. The molecule has 24 heavy (non-hydrogen) atoms. The fourth-order valence-corrected chi connectivity index (χ4v) is 2.42. The van der Waals surface area contributed by atoms with E-state index in [0.29, 0.717) is 11.3 Å². The van der Waals surface area contributed by atoms with Crippen molar-refractivity contribution >= 4 is 22.7 Å². The first-order valence-corrected chi connectivity index (χ1v) is 7.46. The predicted octanol–water partition coefficient (Wildman–Crippen LogP) is 2.02. The maximum Gasteiger partial charge on any atom is 0.276 e. The number of carbonyl (C=O) groups is 2. The van der Waals surface area contributed by atoms with Gasteiger partial charge < -0.3 is 9.30 Å². The highest BCUT2D eigenvalue weighted by Gasteiger charge is 2.14. The maximum atomic E-state index is 12.3. The van der Waals surface area contributed by atoms with E-state index in [0.717, 1.165) is 10.9 Å². The standard InChI is InChI=1S/C18H17N3O3/c1-21-11-15(14-9-5-6-10-16(14)21)18(23)20-19-17(22)12-24-13-7-3-2-4-8-13/h2-11H,12H2,1H3,(H,19,22)(H,20,23). The molecule has 3 aromatic rings. The zero-order chi connectivity index (χ0) is 16.9. The van der Waals surface area contributed by atoms with Crippen LogP contribution in [-0.4, -0.2) is 23.0 Å². The maximum absolute atomic E-state index is 12.3. The Morgan fingerprint density at radius 1 is 1.00 bits per heavy atom. The molecule has 0 bridgehead atoms. The molecule has 2 N–H and O–H groups in total. The molecule has 0 aliphatic heterocycles. The Balaban J connectivity index is 1.58. The Kier molecular flexibility index (Phi) is 4.47. The predicted molar refractivity (Wildman–Crippen MR) is 90.5 cm³/mol. The number of amides is 2. The monoisotopic (exact) mass is 323 g/mol. The first kappa shape index (κ1) is 15.6. The number of para-hydroxylation sites is 2. The van der Waals surface area contributed by atoms with Gasteiger partial charge >= 0.3 is 0 Å². The summed E-state index contributed by atoms with van der Waals surface area (Å²) in [5.74, 6) is -0.222. The largest absolute Gasteiger partial charge is 0.484 e. The van der Waals surface area contributed by atoms with Gasteiger partial charge in [0.05, 0.1) is 5.56 Å². The molecule has 0 fully saturated rings. The Morgan fingerprint density at radius 2 is 1.71 bits per heavy atom. The van der Waals surface area contributed by atoms with Gasteiger partial charge in [-0.15, -0.1) is 0 Å². The highest BCUT2D eigenvalue weighted by atomic mass is 16.5. The smallest absolute Gasteiger partial charge is 0.276 e. The lowest BCUT2D eigenvalue weighted by molar-refractivity contribution is -0.123. The molecule has 0 unspecified atom stereocenters. The van der Waals surface area contributed by atoms with Crippen LogP contribution in [0, 0.1) is 0 Å². The van der Waals surface area contributed by atoms with Crippen LogP contribution in [0.1, 0.15) is 10.4 Å². The number of nitrogens with one attached hydrogen (secondary N) is 2. The Labute approximate surface area is 139 Å². The molecule has 2 aromatic carbocycles. The summed E-state index contributed by atoms with van der Waals surface area (Å²) >= 11 is 0. The Hall–Kier alpha value is -3.28. The van der Waals surface area contributed by atoms with Crippen LogP contribution in [0.15, 0.2) is 60.8 Å². The quantitative estimate of drug-likeness (QED) is 0.722. The van der Waals surface area contributed by atoms with Gasteiger partial charge in [-0.05, 0) is 18.2 Å². The number of ether oxygens (including phenoxy) is 1. The number of aryl methyl sites for hydroxylation is 1. The molecular formula is C18H17N3O3. The zero-order valence-corrected chi connectivity index (χ0v) is 13.2. The number of benzene rings is 2. The van der Waals surface area contributed by atoms with Crippen LogP contribution in [0.2, 0.25) is 0 Å². The van der Waals surface area contributed by atoms with Crippen LogP contribution in [0.5, 0.6) is 5.75 Å². The van der Waals surface area contributed by atoms with Crippen LogP contribution in [0.3, 0.4) is 0 Å². The van der Waals surface area contributed by atoms with Crippen molar-refractivity contribution in [2.24, 2.45) is 7.05 Å². The number of hydrazine groups is 1. The second-order valence-electron chi connectivity index (χ2n) is 5.27. The molecule has 0 saturated carbocycles. The summed E-state index contributed by atoms with van der Waals surface area (Å²) in [6, 6.07) is 16.6. The van der Waals surface area contributed by atoms with Gasteiger partial charge in [-0.1, -0.05) is 36.4 Å². The molecule has 1 heterocycles. The van der Waals surface area contributed by atoms with Gasteiger partial charge in [0.15, 0.2) is 6.61 Å². The number of nitrogens with zero attached hydrogens (tertiary/aromatic N) is 1. The number of aromatic nitrogens is 1. The summed E-state index contributed by atoms with van der Waals surface area (Å²) in [5.41, 5.74) is 6.20. The second kappa shape index (κ2) is 6.87. The summed E-state index contributed by atoms with van der Waals surface area (Å²) in [6.07, 6.45) is 1.73. The minimum atomic E-state index is -0.438. The lowest BCUT2D eigenvalue weighted by Crippen LogP contribution is -2.43. The molecule has 0 saturated heterocycles. The molecule has 3 rings (SSSR count). The van der Waals surface area contributed by atoms with Crippen molar-refractivity contribution in [2.75, 3.05) is 6.61 Å². The third-order valence-electron chi connectivity index (χ3n) is 3.57. The highest BCUT2D eigenvalue weighted by Crippen LogP contribution is 2.19. The van der Waals surface area contributed by atoms with E-state index in [-0.39, 0.29) is 12.5 Å². The van der Waals surface area contributed by atoms with Crippen molar-refractivity contribution < 1.29 is 14.3 Å². The number of rotatable bonds is 4. The van der Waals surface area contributed by atoms with E-state index in [1.165, 1.54) is 0 Å². The third kappa shape index (κ3) is 3.38. The van der Waals surface area contributed by atoms with Crippen molar-refractivity contribution in [3.05, 3.63) is 66.4 Å². The zero-order valence-electron chi connectivity index (χ0n) is 13.2. The van der Waals surface area contributed by atoms with Crippen molar-refractivity contribution in [1.82, 2.24) is 15.4 Å². The summed E-state index contributed by atoms with van der Waals surface area (Å²) in [5, 5.41) is 0.826. The Morgan fingerprint density at radius 3 is 2.50 bits per heavy atom. The lowest BCUT2D eigenvalue weighted by atomic mass is 10.2. The molecule has 6 nitrogen and oxygen atoms in total. The van der Waals surface area contributed by atoms with Gasteiger partial charge in [-0.3, -0.25) is 20.4 Å². The molecule has 1 aromatic heterocycles. The summed E-state index contributed by atoms with van der Waals surface area (Å²) < 4.78 is 7.18. The molecule has 0 aliphatic carbocycles. The lowest BCUT2D eigenvalue weighted by Gasteiger charge is -2.08. The van der Waals surface area contributed by atoms with Crippen molar-refractivity contribution in [2.45, 2.75) is 0 Å². The van der Waals surface area contributed by atoms with Gasteiger partial charge in [0.1, 0.15) is 5.75 Å². The van der Waals surface area contributed by atoms with Crippen molar-refractivity contribution in [3.63, 3.8) is 0 Å². The minimum absolute atomic E-state index is 0.181. The SMILES string of the molecule is Cn1cc(C(=O)NNC(=O)COc2ccccc2)c2ccccc21. The average molecular weight is 323 g/mol. The van der Waals surface area contributed by atoms with Gasteiger partial charge in [-0.2, -0.15) is 0 Å². The normalized spacial score (nSPS) is 10.4. The van der Waals surface area contributed by atoms with Crippen LogP contribution in [0.25, 0.3) is 10.9 Å². The fraction of sp³-hybridized carbons (Fsp3) is 0.111. The molecule has 0 radical (unpaired) electrons. The van der Waals surface area contributed by atoms with E-state index in [4.69, 9.17) is 4.74 Å². The molecule has 6 heteroatoms. The Bertz CT molecular complexity index is 872. The van der Waals surface area contributed by atoms with Crippen molar-refractivity contribution in [1.29, 1.82) is 0 Å².